The Labute approximate surface area is 185 Å². The molecule has 30 heavy (non-hydrogen) atoms. The maximum Gasteiger partial charge on any atom is 0.186 e. The van der Waals surface area contributed by atoms with Gasteiger partial charge in [0.25, 0.3) is 0 Å². The molecule has 180 valence electrons. The highest BCUT2D eigenvalue weighted by molar-refractivity contribution is 4.82. The van der Waals surface area contributed by atoms with E-state index in [2.05, 4.69) is 34.6 Å². The molecule has 5 heteroatoms. The quantitative estimate of drug-likeness (QED) is 0.324. The molecule has 0 radical (unpaired) electrons. The molecule has 0 saturated carbocycles. The van der Waals surface area contributed by atoms with Crippen LogP contribution in [0, 0.1) is 23.7 Å². The largest absolute Gasteiger partial charge is 0.388 e. The molecule has 0 amide bonds. The van der Waals surface area contributed by atoms with Gasteiger partial charge in [-0.05, 0) is 30.1 Å². The van der Waals surface area contributed by atoms with Crippen molar-refractivity contribution in [2.45, 2.75) is 123 Å². The summed E-state index contributed by atoms with van der Waals surface area (Å²) in [7, 11) is 0. The fourth-order valence-electron chi connectivity index (χ4n) is 4.25. The standard InChI is InChI=1S/C25H50O5/c1-18(2)9-6-10-19(3)11-7-12-20(4)13-8-14-21(5)15-16-29-25-24(28)23(27)22(26)17-30-25/h18-28H,6-17H2,1-5H3/t19?,20?,21?,22-,23+,24+,25?/m1/s1. The van der Waals surface area contributed by atoms with E-state index in [9.17, 15) is 15.3 Å². The lowest BCUT2D eigenvalue weighted by atomic mass is 9.91. The molecule has 3 N–H and O–H groups in total. The summed E-state index contributed by atoms with van der Waals surface area (Å²) in [5.74, 6) is 3.07. The van der Waals surface area contributed by atoms with Crippen molar-refractivity contribution in [2.75, 3.05) is 13.2 Å². The van der Waals surface area contributed by atoms with Crippen molar-refractivity contribution in [3.8, 4) is 0 Å². The van der Waals surface area contributed by atoms with E-state index >= 15 is 0 Å². The topological polar surface area (TPSA) is 79.2 Å². The van der Waals surface area contributed by atoms with E-state index < -0.39 is 24.6 Å². The van der Waals surface area contributed by atoms with Crippen molar-refractivity contribution in [1.29, 1.82) is 0 Å². The van der Waals surface area contributed by atoms with Gasteiger partial charge in [-0.2, -0.15) is 0 Å². The lowest BCUT2D eigenvalue weighted by Gasteiger charge is -2.35. The van der Waals surface area contributed by atoms with Crippen LogP contribution in [-0.4, -0.2) is 53.1 Å². The predicted octanol–water partition coefficient (Wildman–Crippen LogP) is 4.91. The van der Waals surface area contributed by atoms with Gasteiger partial charge in [-0.1, -0.05) is 92.4 Å². The molecule has 5 nitrogen and oxygen atoms in total. The second kappa shape index (κ2) is 15.6. The van der Waals surface area contributed by atoms with Crippen LogP contribution in [0.5, 0.6) is 0 Å². The normalized spacial score (nSPS) is 27.9. The molecule has 0 bridgehead atoms. The van der Waals surface area contributed by atoms with Crippen LogP contribution < -0.4 is 0 Å². The number of hydrogen-bond acceptors (Lipinski definition) is 5. The molecule has 1 saturated heterocycles. The Morgan fingerprint density at radius 3 is 1.67 bits per heavy atom. The molecule has 1 aliphatic rings. The first-order valence-electron chi connectivity index (χ1n) is 12.5. The summed E-state index contributed by atoms with van der Waals surface area (Å²) in [6.07, 6.45) is 8.56. The fourth-order valence-corrected chi connectivity index (χ4v) is 4.25. The maximum absolute atomic E-state index is 9.88. The Morgan fingerprint density at radius 1 is 0.700 bits per heavy atom. The van der Waals surface area contributed by atoms with Gasteiger partial charge in [-0.25, -0.2) is 0 Å². The van der Waals surface area contributed by atoms with Gasteiger partial charge in [-0.3, -0.25) is 0 Å². The van der Waals surface area contributed by atoms with Crippen molar-refractivity contribution in [3.63, 3.8) is 0 Å². The highest BCUT2D eigenvalue weighted by atomic mass is 16.7. The van der Waals surface area contributed by atoms with Crippen molar-refractivity contribution in [1.82, 2.24) is 0 Å². The van der Waals surface area contributed by atoms with Gasteiger partial charge in [-0.15, -0.1) is 0 Å². The van der Waals surface area contributed by atoms with E-state index in [-0.39, 0.29) is 6.61 Å². The minimum Gasteiger partial charge on any atom is -0.388 e. The van der Waals surface area contributed by atoms with Gasteiger partial charge >= 0.3 is 0 Å². The van der Waals surface area contributed by atoms with Gasteiger partial charge < -0.3 is 24.8 Å². The lowest BCUT2D eigenvalue weighted by Crippen LogP contribution is -2.53. The molecule has 1 aliphatic heterocycles. The Bertz CT molecular complexity index is 416. The average molecular weight is 431 g/mol. The van der Waals surface area contributed by atoms with Gasteiger partial charge in [0.15, 0.2) is 6.29 Å². The molecule has 0 aromatic rings. The zero-order valence-corrected chi connectivity index (χ0v) is 20.3. The van der Waals surface area contributed by atoms with Crippen molar-refractivity contribution in [2.24, 2.45) is 23.7 Å². The molecule has 7 atom stereocenters. The molecule has 0 spiro atoms. The number of rotatable bonds is 16. The Balaban J connectivity index is 2.02. The Kier molecular flexibility index (Phi) is 14.5. The lowest BCUT2D eigenvalue weighted by molar-refractivity contribution is -0.270. The molecule has 4 unspecified atom stereocenters. The minimum absolute atomic E-state index is 0.00689. The summed E-state index contributed by atoms with van der Waals surface area (Å²) >= 11 is 0. The first-order chi connectivity index (χ1) is 14.2. The average Bonchev–Trinajstić information content (AvgIpc) is 2.67. The van der Waals surface area contributed by atoms with Gasteiger partial charge in [0.05, 0.1) is 13.2 Å². The van der Waals surface area contributed by atoms with Gasteiger partial charge in [0.1, 0.15) is 18.3 Å². The molecule has 1 fully saturated rings. The van der Waals surface area contributed by atoms with Crippen LogP contribution in [0.25, 0.3) is 0 Å². The highest BCUT2D eigenvalue weighted by Crippen LogP contribution is 2.23. The molecule has 1 heterocycles. The highest BCUT2D eigenvalue weighted by Gasteiger charge is 2.38. The smallest absolute Gasteiger partial charge is 0.186 e. The maximum atomic E-state index is 9.88. The monoisotopic (exact) mass is 430 g/mol. The molecule has 0 aromatic heterocycles. The fraction of sp³-hybridized carbons (Fsp3) is 1.00. The summed E-state index contributed by atoms with van der Waals surface area (Å²) in [5.41, 5.74) is 0. The summed E-state index contributed by atoms with van der Waals surface area (Å²) in [6, 6.07) is 0. The molecule has 1 rings (SSSR count). The van der Waals surface area contributed by atoms with Crippen molar-refractivity contribution < 1.29 is 24.8 Å². The van der Waals surface area contributed by atoms with E-state index in [0.717, 1.165) is 24.2 Å². The third-order valence-electron chi connectivity index (χ3n) is 6.61. The van der Waals surface area contributed by atoms with Gasteiger partial charge in [0.2, 0.25) is 0 Å². The Hall–Kier alpha value is -0.200. The van der Waals surface area contributed by atoms with E-state index in [1.54, 1.807) is 0 Å². The molecular weight excluding hydrogens is 380 g/mol. The van der Waals surface area contributed by atoms with E-state index in [4.69, 9.17) is 9.47 Å². The third-order valence-corrected chi connectivity index (χ3v) is 6.61. The SMILES string of the molecule is CC(C)CCCC(C)CCCC(C)CCCC(C)CCOC1OC[C@@H](O)[C@H](O)[C@@H]1O. The van der Waals surface area contributed by atoms with Crippen molar-refractivity contribution >= 4 is 0 Å². The second-order valence-corrected chi connectivity index (χ2v) is 10.4. The van der Waals surface area contributed by atoms with Crippen molar-refractivity contribution in [3.05, 3.63) is 0 Å². The number of hydrogen-bond donors (Lipinski definition) is 3. The number of aliphatic hydroxyl groups excluding tert-OH is 3. The zero-order valence-electron chi connectivity index (χ0n) is 20.3. The first kappa shape index (κ1) is 27.8. The van der Waals surface area contributed by atoms with E-state index in [1.165, 1.54) is 57.8 Å². The first-order valence-corrected chi connectivity index (χ1v) is 12.5. The van der Waals surface area contributed by atoms with Crippen LogP contribution in [0.15, 0.2) is 0 Å². The van der Waals surface area contributed by atoms with Crippen LogP contribution >= 0.6 is 0 Å². The number of ether oxygens (including phenoxy) is 2. The third kappa shape index (κ3) is 12.0. The predicted molar refractivity (Wildman–Crippen MR) is 122 cm³/mol. The summed E-state index contributed by atoms with van der Waals surface area (Å²) in [4.78, 5) is 0. The second-order valence-electron chi connectivity index (χ2n) is 10.4. The van der Waals surface area contributed by atoms with Crippen LogP contribution in [0.4, 0.5) is 0 Å². The van der Waals surface area contributed by atoms with Crippen LogP contribution in [-0.2, 0) is 9.47 Å². The number of aliphatic hydroxyl groups is 3. The summed E-state index contributed by atoms with van der Waals surface area (Å²) in [5, 5.41) is 29.0. The summed E-state index contributed by atoms with van der Waals surface area (Å²) < 4.78 is 10.9. The molecular formula is C25H50O5. The van der Waals surface area contributed by atoms with E-state index in [0.29, 0.717) is 12.5 Å². The van der Waals surface area contributed by atoms with Gasteiger partial charge in [0, 0.05) is 0 Å². The van der Waals surface area contributed by atoms with Crippen LogP contribution in [0.1, 0.15) is 98.8 Å². The van der Waals surface area contributed by atoms with Crippen LogP contribution in [0.2, 0.25) is 0 Å². The zero-order chi connectivity index (χ0) is 22.5. The van der Waals surface area contributed by atoms with Crippen LogP contribution in [0.3, 0.4) is 0 Å². The minimum atomic E-state index is -1.20. The summed E-state index contributed by atoms with van der Waals surface area (Å²) in [6.45, 7) is 12.2. The van der Waals surface area contributed by atoms with E-state index in [1.807, 2.05) is 0 Å². The molecule has 0 aromatic carbocycles. The molecule has 0 aliphatic carbocycles. The Morgan fingerprint density at radius 2 is 1.17 bits per heavy atom.